The number of carbonyl (C=O) groups is 1. The predicted molar refractivity (Wildman–Crippen MR) is 86.0 cm³/mol. The Bertz CT molecular complexity index is 709. The van der Waals surface area contributed by atoms with Crippen LogP contribution in [0, 0.1) is 10.8 Å². The zero-order chi connectivity index (χ0) is 14.9. The second-order valence-electron chi connectivity index (χ2n) is 4.37. The van der Waals surface area contributed by atoms with Gasteiger partial charge < -0.3 is 9.73 Å². The third kappa shape index (κ3) is 3.36. The molecule has 1 amide bonds. The summed E-state index contributed by atoms with van der Waals surface area (Å²) in [4.78, 5) is 12.1. The molecule has 1 aromatic heterocycles. The molecule has 0 aliphatic heterocycles. The van der Waals surface area contributed by atoms with Crippen LogP contribution in [-0.4, -0.2) is 16.1 Å². The number of hydrogen-bond acceptors (Lipinski definition) is 4. The van der Waals surface area contributed by atoms with Gasteiger partial charge in [-0.1, -0.05) is 29.8 Å². The molecule has 0 unspecified atom stereocenters. The van der Waals surface area contributed by atoms with Crippen LogP contribution in [0.5, 0.6) is 0 Å². The fourth-order valence-electron chi connectivity index (χ4n) is 1.48. The van der Waals surface area contributed by atoms with Crippen LogP contribution in [0.25, 0.3) is 11.5 Å². The first-order chi connectivity index (χ1) is 9.38. The minimum absolute atomic E-state index is 0.0941. The molecule has 8 heteroatoms. The van der Waals surface area contributed by atoms with E-state index in [4.69, 9.17) is 16.6 Å². The Balaban J connectivity index is 2.54. The lowest BCUT2D eigenvalue weighted by atomic mass is 10.1. The third-order valence-corrected chi connectivity index (χ3v) is 3.75. The van der Waals surface area contributed by atoms with Crippen LogP contribution < -0.4 is 5.32 Å². The van der Waals surface area contributed by atoms with E-state index in [0.717, 1.165) is 8.95 Å². The summed E-state index contributed by atoms with van der Waals surface area (Å²) in [6.07, 6.45) is 0. The first kappa shape index (κ1) is 15.4. The van der Waals surface area contributed by atoms with Crippen molar-refractivity contribution in [3.63, 3.8) is 0 Å². The summed E-state index contributed by atoms with van der Waals surface area (Å²) in [5.74, 6) is 0.0866. The molecule has 0 bridgehead atoms. The molecule has 2 rings (SSSR count). The fraction of sp³-hybridized carbons (Fsp3) is 0.250. The van der Waals surface area contributed by atoms with E-state index in [1.54, 1.807) is 6.07 Å². The van der Waals surface area contributed by atoms with Crippen molar-refractivity contribution in [1.82, 2.24) is 10.2 Å². The molecule has 0 aliphatic carbocycles. The highest BCUT2D eigenvalue weighted by Gasteiger charge is 2.18. The van der Waals surface area contributed by atoms with Gasteiger partial charge in [0.1, 0.15) is 0 Å². The van der Waals surface area contributed by atoms with Gasteiger partial charge in [0.05, 0.1) is 11.3 Å². The largest absolute Gasteiger partial charge is 0.409 e. The lowest BCUT2D eigenvalue weighted by Crippen LogP contribution is -2.18. The van der Waals surface area contributed by atoms with Crippen LogP contribution in [0.4, 0.5) is 5.69 Å². The van der Waals surface area contributed by atoms with E-state index in [1.165, 1.54) is 0 Å². The highest BCUT2D eigenvalue weighted by molar-refractivity contribution is 9.11. The summed E-state index contributed by atoms with van der Waals surface area (Å²) in [6.45, 7) is 3.64. The third-order valence-electron chi connectivity index (χ3n) is 2.50. The van der Waals surface area contributed by atoms with E-state index < -0.39 is 0 Å². The Morgan fingerprint density at radius 2 is 2.15 bits per heavy atom. The molecular formula is C12H11Br2N3O2S. The van der Waals surface area contributed by atoms with Crippen molar-refractivity contribution in [3.05, 3.63) is 25.9 Å². The maximum atomic E-state index is 11.9. The minimum atomic E-state index is -0.135. The maximum absolute atomic E-state index is 11.9. The Morgan fingerprint density at radius 1 is 1.45 bits per heavy atom. The van der Waals surface area contributed by atoms with Crippen molar-refractivity contribution in [1.29, 1.82) is 0 Å². The minimum Gasteiger partial charge on any atom is -0.409 e. The molecule has 0 aliphatic rings. The zero-order valence-corrected chi connectivity index (χ0v) is 14.6. The van der Waals surface area contributed by atoms with Gasteiger partial charge in [0.25, 0.3) is 4.84 Å². The van der Waals surface area contributed by atoms with Crippen molar-refractivity contribution >= 4 is 55.7 Å². The quantitative estimate of drug-likeness (QED) is 0.716. The molecule has 0 spiro atoms. The summed E-state index contributed by atoms with van der Waals surface area (Å²) in [6, 6.07) is 3.63. The number of anilines is 1. The molecule has 1 heterocycles. The number of benzene rings is 1. The van der Waals surface area contributed by atoms with Crippen LogP contribution in [-0.2, 0) is 4.79 Å². The highest BCUT2D eigenvalue weighted by Crippen LogP contribution is 2.36. The van der Waals surface area contributed by atoms with Crippen LogP contribution >= 0.6 is 44.1 Å². The Hall–Kier alpha value is -0.990. The second-order valence-corrected chi connectivity index (χ2v) is 6.51. The molecule has 2 aromatic rings. The number of nitrogens with one attached hydrogen (secondary N) is 2. The summed E-state index contributed by atoms with van der Waals surface area (Å²) >= 11 is 11.7. The van der Waals surface area contributed by atoms with E-state index in [1.807, 2.05) is 19.9 Å². The van der Waals surface area contributed by atoms with Crippen molar-refractivity contribution in [3.8, 4) is 11.5 Å². The number of aromatic nitrogens is 2. The first-order valence-corrected chi connectivity index (χ1v) is 7.73. The number of halogens is 2. The van der Waals surface area contributed by atoms with Gasteiger partial charge in [0, 0.05) is 14.9 Å². The lowest BCUT2D eigenvalue weighted by Gasteiger charge is -2.13. The van der Waals surface area contributed by atoms with Gasteiger partial charge in [-0.3, -0.25) is 4.79 Å². The molecule has 0 fully saturated rings. The van der Waals surface area contributed by atoms with Gasteiger partial charge in [0.2, 0.25) is 11.8 Å². The molecule has 0 saturated heterocycles. The molecule has 106 valence electrons. The van der Waals surface area contributed by atoms with E-state index in [2.05, 4.69) is 47.4 Å². The smallest absolute Gasteiger partial charge is 0.284 e. The highest BCUT2D eigenvalue weighted by atomic mass is 79.9. The van der Waals surface area contributed by atoms with Gasteiger partial charge in [-0.25, -0.2) is 5.10 Å². The van der Waals surface area contributed by atoms with Crippen LogP contribution in [0.3, 0.4) is 0 Å². The lowest BCUT2D eigenvalue weighted by molar-refractivity contribution is -0.118. The van der Waals surface area contributed by atoms with Crippen molar-refractivity contribution in [2.45, 2.75) is 13.8 Å². The predicted octanol–water partition coefficient (Wildman–Crippen LogP) is 4.52. The fourth-order valence-corrected chi connectivity index (χ4v) is 2.93. The SMILES string of the molecule is CC(C)C(=O)Nc1c(Br)cc(Br)cc1-c1n[nH]c(=S)o1. The van der Waals surface area contributed by atoms with Crippen LogP contribution in [0.2, 0.25) is 0 Å². The van der Waals surface area contributed by atoms with E-state index >= 15 is 0 Å². The summed E-state index contributed by atoms with van der Waals surface area (Å²) < 4.78 is 6.86. The topological polar surface area (TPSA) is 70.9 Å². The van der Waals surface area contributed by atoms with E-state index in [-0.39, 0.29) is 16.7 Å². The second kappa shape index (κ2) is 6.19. The molecular weight excluding hydrogens is 410 g/mol. The van der Waals surface area contributed by atoms with E-state index in [9.17, 15) is 4.79 Å². The average molecular weight is 421 g/mol. The Labute approximate surface area is 137 Å². The van der Waals surface area contributed by atoms with Gasteiger partial charge in [-0.2, -0.15) is 0 Å². The molecule has 20 heavy (non-hydrogen) atoms. The van der Waals surface area contributed by atoms with Crippen molar-refractivity contribution < 1.29 is 9.21 Å². The summed E-state index contributed by atoms with van der Waals surface area (Å²) in [5.41, 5.74) is 1.23. The number of hydrogen-bond donors (Lipinski definition) is 2. The van der Waals surface area contributed by atoms with Gasteiger partial charge in [-0.15, -0.1) is 5.10 Å². The molecule has 0 saturated carbocycles. The molecule has 5 nitrogen and oxygen atoms in total. The van der Waals surface area contributed by atoms with Crippen LogP contribution in [0.1, 0.15) is 13.8 Å². The van der Waals surface area contributed by atoms with Crippen LogP contribution in [0.15, 0.2) is 25.5 Å². The zero-order valence-electron chi connectivity index (χ0n) is 10.7. The maximum Gasteiger partial charge on any atom is 0.284 e. The normalized spacial score (nSPS) is 10.8. The van der Waals surface area contributed by atoms with Gasteiger partial charge in [0.15, 0.2) is 0 Å². The number of aromatic amines is 1. The average Bonchev–Trinajstić information content (AvgIpc) is 2.78. The monoisotopic (exact) mass is 419 g/mol. The van der Waals surface area contributed by atoms with Gasteiger partial charge >= 0.3 is 0 Å². The standard InChI is InChI=1S/C12H11Br2N3O2S/c1-5(2)10(18)15-9-7(3-6(13)4-8(9)14)11-16-17-12(20)19-11/h3-5H,1-2H3,(H,15,18)(H,17,20). The van der Waals surface area contributed by atoms with Gasteiger partial charge in [-0.05, 0) is 40.3 Å². The summed E-state index contributed by atoms with van der Waals surface area (Å²) in [7, 11) is 0. The Morgan fingerprint density at radius 3 is 2.70 bits per heavy atom. The molecule has 2 N–H and O–H groups in total. The van der Waals surface area contributed by atoms with Crippen molar-refractivity contribution in [2.75, 3.05) is 5.32 Å². The number of amides is 1. The molecule has 0 atom stereocenters. The number of carbonyl (C=O) groups excluding carboxylic acids is 1. The number of H-pyrrole nitrogens is 1. The number of rotatable bonds is 3. The molecule has 1 aromatic carbocycles. The van der Waals surface area contributed by atoms with E-state index in [0.29, 0.717) is 17.1 Å². The van der Waals surface area contributed by atoms with Crippen molar-refractivity contribution in [2.24, 2.45) is 5.92 Å². The first-order valence-electron chi connectivity index (χ1n) is 5.74. The summed E-state index contributed by atoms with van der Waals surface area (Å²) in [5, 5.41) is 9.42. The molecule has 0 radical (unpaired) electrons. The Kier molecular flexibility index (Phi) is 4.77. The number of nitrogens with zero attached hydrogens (tertiary/aromatic N) is 1.